The molecule has 0 aliphatic carbocycles. The summed E-state index contributed by atoms with van der Waals surface area (Å²) in [5, 5.41) is 13.8. The van der Waals surface area contributed by atoms with Crippen molar-refractivity contribution in [2.75, 3.05) is 5.32 Å². The number of phenolic OH excluding ortho intramolecular Hbond substituents is 1. The van der Waals surface area contributed by atoms with E-state index in [-0.39, 0.29) is 28.7 Å². The second-order valence-corrected chi connectivity index (χ2v) is 11.0. The molecule has 0 fully saturated rings. The highest BCUT2D eigenvalue weighted by Crippen LogP contribution is 2.40. The van der Waals surface area contributed by atoms with Gasteiger partial charge in [-0.25, -0.2) is 4.68 Å². The van der Waals surface area contributed by atoms with Crippen LogP contribution < -0.4 is 10.9 Å². The van der Waals surface area contributed by atoms with Crippen LogP contribution in [-0.2, 0) is 29.1 Å². The van der Waals surface area contributed by atoms with Gasteiger partial charge in [0.2, 0.25) is 5.91 Å². The van der Waals surface area contributed by atoms with E-state index < -0.39 is 0 Å². The van der Waals surface area contributed by atoms with E-state index in [0.717, 1.165) is 22.4 Å². The lowest BCUT2D eigenvalue weighted by Gasteiger charge is -2.28. The Bertz CT molecular complexity index is 1220. The maximum atomic E-state index is 13.1. The zero-order valence-corrected chi connectivity index (χ0v) is 21.6. The number of aromatic hydroxyl groups is 1. The van der Waals surface area contributed by atoms with Gasteiger partial charge in [0.15, 0.2) is 0 Å². The van der Waals surface area contributed by atoms with Gasteiger partial charge in [0.25, 0.3) is 5.56 Å². The zero-order valence-electron chi connectivity index (χ0n) is 21.6. The van der Waals surface area contributed by atoms with Crippen molar-refractivity contribution in [3.05, 3.63) is 75.2 Å². The van der Waals surface area contributed by atoms with Gasteiger partial charge in [-0.05, 0) is 53.0 Å². The summed E-state index contributed by atoms with van der Waals surface area (Å²) in [7, 11) is 1.80. The third kappa shape index (κ3) is 5.11. The van der Waals surface area contributed by atoms with Crippen molar-refractivity contribution in [3.63, 3.8) is 0 Å². The summed E-state index contributed by atoms with van der Waals surface area (Å²) in [5.74, 6) is 0.114. The van der Waals surface area contributed by atoms with Crippen LogP contribution in [-0.4, -0.2) is 20.4 Å². The first-order valence-electron chi connectivity index (χ1n) is 11.7. The lowest BCUT2D eigenvalue weighted by atomic mass is 9.78. The first kappa shape index (κ1) is 25.3. The van der Waals surface area contributed by atoms with E-state index in [0.29, 0.717) is 23.6 Å². The van der Waals surface area contributed by atoms with Crippen LogP contribution in [0.1, 0.15) is 70.3 Å². The number of phenols is 1. The highest BCUT2D eigenvalue weighted by molar-refractivity contribution is 5.91. The van der Waals surface area contributed by atoms with Crippen molar-refractivity contribution in [2.24, 2.45) is 7.05 Å². The van der Waals surface area contributed by atoms with Crippen LogP contribution in [0.25, 0.3) is 5.69 Å². The number of para-hydroxylation sites is 1. The number of amides is 1. The van der Waals surface area contributed by atoms with Gasteiger partial charge in [-0.15, -0.1) is 0 Å². The fourth-order valence-corrected chi connectivity index (χ4v) is 4.15. The summed E-state index contributed by atoms with van der Waals surface area (Å²) < 4.78 is 3.30. The summed E-state index contributed by atoms with van der Waals surface area (Å²) in [4.78, 5) is 25.9. The second-order valence-electron chi connectivity index (χ2n) is 11.0. The molecule has 3 aromatic rings. The number of anilines is 1. The van der Waals surface area contributed by atoms with E-state index in [1.807, 2.05) is 49.4 Å². The summed E-state index contributed by atoms with van der Waals surface area (Å²) in [6, 6.07) is 13.3. The van der Waals surface area contributed by atoms with Gasteiger partial charge in [-0.3, -0.25) is 14.3 Å². The van der Waals surface area contributed by atoms with Gasteiger partial charge < -0.3 is 10.4 Å². The molecule has 6 heteroatoms. The third-order valence-corrected chi connectivity index (χ3v) is 6.25. The first-order chi connectivity index (χ1) is 15.7. The van der Waals surface area contributed by atoms with Crippen molar-refractivity contribution in [1.29, 1.82) is 0 Å². The van der Waals surface area contributed by atoms with Crippen LogP contribution in [0.5, 0.6) is 5.75 Å². The average molecular weight is 464 g/mol. The molecule has 34 heavy (non-hydrogen) atoms. The molecule has 0 saturated carbocycles. The number of rotatable bonds is 5. The minimum absolute atomic E-state index is 0.214. The highest BCUT2D eigenvalue weighted by atomic mass is 16.3. The molecule has 1 amide bonds. The van der Waals surface area contributed by atoms with Gasteiger partial charge in [0.05, 0.1) is 11.4 Å². The van der Waals surface area contributed by atoms with E-state index in [1.54, 1.807) is 16.4 Å². The molecular formula is C28H37N3O3. The molecule has 1 aromatic heterocycles. The third-order valence-electron chi connectivity index (χ3n) is 6.25. The van der Waals surface area contributed by atoms with E-state index in [9.17, 15) is 14.7 Å². The normalized spacial score (nSPS) is 12.1. The first-order valence-corrected chi connectivity index (χ1v) is 11.7. The highest BCUT2D eigenvalue weighted by Gasteiger charge is 2.26. The van der Waals surface area contributed by atoms with Gasteiger partial charge >= 0.3 is 0 Å². The van der Waals surface area contributed by atoms with E-state index >= 15 is 0 Å². The Kier molecular flexibility index (Phi) is 6.83. The Balaban J connectivity index is 1.85. The van der Waals surface area contributed by atoms with Gasteiger partial charge in [-0.1, -0.05) is 71.9 Å². The molecule has 2 aromatic carbocycles. The number of hydrogen-bond acceptors (Lipinski definition) is 3. The maximum absolute atomic E-state index is 13.1. The summed E-state index contributed by atoms with van der Waals surface area (Å²) in [6.45, 7) is 14.2. The molecule has 182 valence electrons. The van der Waals surface area contributed by atoms with Gasteiger partial charge in [0, 0.05) is 13.5 Å². The Morgan fingerprint density at radius 2 is 1.50 bits per heavy atom. The SMILES string of the molecule is Cc1c(NC(=O)CCc2cc(C(C)(C)C)c(O)c(C(C)(C)C)c2)c(=O)n(-c2ccccc2)n1C. The minimum atomic E-state index is -0.255. The number of nitrogens with zero attached hydrogens (tertiary/aromatic N) is 2. The molecule has 0 unspecified atom stereocenters. The zero-order chi connectivity index (χ0) is 25.4. The second kappa shape index (κ2) is 9.16. The molecule has 0 radical (unpaired) electrons. The molecule has 0 aliphatic rings. The number of aryl methyl sites for hydroxylation is 1. The minimum Gasteiger partial charge on any atom is -0.507 e. The number of carbonyl (C=O) groups is 1. The van der Waals surface area contributed by atoms with E-state index in [4.69, 9.17) is 0 Å². The van der Waals surface area contributed by atoms with Crippen LogP contribution in [0.4, 0.5) is 5.69 Å². The molecule has 0 bridgehead atoms. The van der Waals surface area contributed by atoms with Crippen LogP contribution in [0.3, 0.4) is 0 Å². The monoisotopic (exact) mass is 463 g/mol. The van der Waals surface area contributed by atoms with Crippen LogP contribution in [0, 0.1) is 6.92 Å². The summed E-state index contributed by atoms with van der Waals surface area (Å²) in [5.41, 5.74) is 3.76. The predicted octanol–water partition coefficient (Wildman–Crippen LogP) is 5.36. The quantitative estimate of drug-likeness (QED) is 0.535. The predicted molar refractivity (Wildman–Crippen MR) is 138 cm³/mol. The molecule has 0 aliphatic heterocycles. The molecule has 2 N–H and O–H groups in total. The van der Waals surface area contributed by atoms with Crippen LogP contribution in [0.2, 0.25) is 0 Å². The van der Waals surface area contributed by atoms with Crippen molar-refractivity contribution in [1.82, 2.24) is 9.36 Å². The topological polar surface area (TPSA) is 76.3 Å². The van der Waals surface area contributed by atoms with E-state index in [1.165, 1.54) is 0 Å². The Morgan fingerprint density at radius 3 is 2.00 bits per heavy atom. The largest absolute Gasteiger partial charge is 0.507 e. The molecule has 0 saturated heterocycles. The van der Waals surface area contributed by atoms with Crippen molar-refractivity contribution >= 4 is 11.6 Å². The fraction of sp³-hybridized carbons (Fsp3) is 0.429. The lowest BCUT2D eigenvalue weighted by molar-refractivity contribution is -0.116. The Hall–Kier alpha value is -3.28. The van der Waals surface area contributed by atoms with Crippen molar-refractivity contribution < 1.29 is 9.90 Å². The molecule has 0 atom stereocenters. The average Bonchev–Trinajstić information content (AvgIpc) is 2.95. The smallest absolute Gasteiger partial charge is 0.295 e. The maximum Gasteiger partial charge on any atom is 0.295 e. The van der Waals surface area contributed by atoms with E-state index in [2.05, 4.69) is 46.9 Å². The Labute approximate surface area is 202 Å². The number of hydrogen-bond donors (Lipinski definition) is 2. The van der Waals surface area contributed by atoms with Gasteiger partial charge in [0.1, 0.15) is 11.4 Å². The molecular weight excluding hydrogens is 426 g/mol. The Morgan fingerprint density at radius 1 is 0.971 bits per heavy atom. The van der Waals surface area contributed by atoms with Crippen molar-refractivity contribution in [2.45, 2.75) is 72.1 Å². The van der Waals surface area contributed by atoms with Crippen LogP contribution >= 0.6 is 0 Å². The number of aromatic nitrogens is 2. The molecule has 3 rings (SSSR count). The molecule has 0 spiro atoms. The fourth-order valence-electron chi connectivity index (χ4n) is 4.15. The number of nitrogens with one attached hydrogen (secondary N) is 1. The number of carbonyl (C=O) groups excluding carboxylic acids is 1. The number of benzene rings is 2. The standard InChI is InChI=1S/C28H37N3O3/c1-18-24(26(34)31(30(18)8)20-12-10-9-11-13-20)29-23(32)15-14-19-16-21(27(2,3)4)25(33)22(17-19)28(5,6)7/h9-13,16-17,33H,14-15H2,1-8H3,(H,29,32). The molecule has 6 nitrogen and oxygen atoms in total. The van der Waals surface area contributed by atoms with Crippen molar-refractivity contribution in [3.8, 4) is 11.4 Å². The van der Waals surface area contributed by atoms with Gasteiger partial charge in [-0.2, -0.15) is 0 Å². The molecule has 1 heterocycles. The van der Waals surface area contributed by atoms with Crippen LogP contribution in [0.15, 0.2) is 47.3 Å². The lowest BCUT2D eigenvalue weighted by Crippen LogP contribution is -2.23. The summed E-state index contributed by atoms with van der Waals surface area (Å²) in [6.07, 6.45) is 0.744. The summed E-state index contributed by atoms with van der Waals surface area (Å²) >= 11 is 0.